The number of likely N-dealkylation sites (tertiary alicyclic amines) is 1. The van der Waals surface area contributed by atoms with Crippen LogP contribution in [0, 0.1) is 5.92 Å². The Bertz CT molecular complexity index is 251. The minimum Gasteiger partial charge on any atom is -0.480 e. The Hall–Kier alpha value is -0.650. The van der Waals surface area contributed by atoms with Gasteiger partial charge >= 0.3 is 5.97 Å². The van der Waals surface area contributed by atoms with E-state index in [2.05, 4.69) is 29.2 Å². The van der Waals surface area contributed by atoms with Crippen molar-refractivity contribution in [1.29, 1.82) is 0 Å². The fraction of sp³-hybridized carbons (Fsp3) is 0.923. The van der Waals surface area contributed by atoms with Crippen molar-refractivity contribution in [3.8, 4) is 0 Å². The zero-order valence-corrected chi connectivity index (χ0v) is 11.9. The Morgan fingerprint density at radius 3 is 2.50 bits per heavy atom. The Balaban J connectivity index is 2.21. The number of hydrogen-bond acceptors (Lipinski definition) is 4. The van der Waals surface area contributed by atoms with Gasteiger partial charge in [0.2, 0.25) is 0 Å². The number of hydrogen-bond donors (Lipinski definition) is 2. The standard InChI is InChI=1S/C13H27N3O2/c1-14-12(13(17)18)6-9-16-7-4-11(5-8-16)10-15(2)3/h11-12,14H,4-10H2,1-3H3,(H,17,18). The lowest BCUT2D eigenvalue weighted by atomic mass is 9.96. The maximum absolute atomic E-state index is 10.9. The molecule has 18 heavy (non-hydrogen) atoms. The van der Waals surface area contributed by atoms with Gasteiger partial charge in [0.15, 0.2) is 0 Å². The fourth-order valence-electron chi connectivity index (χ4n) is 2.61. The molecule has 1 fully saturated rings. The van der Waals surface area contributed by atoms with E-state index in [0.717, 1.165) is 25.6 Å². The molecular weight excluding hydrogens is 230 g/mol. The van der Waals surface area contributed by atoms with Crippen LogP contribution in [0.1, 0.15) is 19.3 Å². The van der Waals surface area contributed by atoms with Gasteiger partial charge in [0.25, 0.3) is 0 Å². The number of nitrogens with one attached hydrogen (secondary N) is 1. The molecular formula is C13H27N3O2. The molecule has 0 amide bonds. The second kappa shape index (κ2) is 7.71. The Morgan fingerprint density at radius 1 is 1.44 bits per heavy atom. The van der Waals surface area contributed by atoms with Gasteiger partial charge in [-0.3, -0.25) is 4.79 Å². The lowest BCUT2D eigenvalue weighted by Crippen LogP contribution is -2.41. The molecule has 0 bridgehead atoms. The molecule has 0 aromatic carbocycles. The van der Waals surface area contributed by atoms with Gasteiger partial charge in [-0.05, 0) is 59.4 Å². The monoisotopic (exact) mass is 257 g/mol. The zero-order valence-electron chi connectivity index (χ0n) is 11.9. The number of carboxylic acids is 1. The number of piperidine rings is 1. The normalized spacial score (nSPS) is 20.2. The van der Waals surface area contributed by atoms with Crippen LogP contribution in [0.4, 0.5) is 0 Å². The van der Waals surface area contributed by atoms with Gasteiger partial charge in [0, 0.05) is 13.1 Å². The average molecular weight is 257 g/mol. The molecule has 1 aliphatic heterocycles. The number of carboxylic acid groups (broad SMARTS) is 1. The van der Waals surface area contributed by atoms with Gasteiger partial charge in [0.05, 0.1) is 0 Å². The third-order valence-electron chi connectivity index (χ3n) is 3.71. The van der Waals surface area contributed by atoms with E-state index in [1.54, 1.807) is 7.05 Å². The van der Waals surface area contributed by atoms with E-state index in [1.807, 2.05) is 0 Å². The summed E-state index contributed by atoms with van der Waals surface area (Å²) in [6.07, 6.45) is 3.15. The van der Waals surface area contributed by atoms with Gasteiger partial charge in [-0.25, -0.2) is 0 Å². The number of carbonyl (C=O) groups is 1. The molecule has 1 unspecified atom stereocenters. The van der Waals surface area contributed by atoms with Crippen molar-refractivity contribution in [3.05, 3.63) is 0 Å². The largest absolute Gasteiger partial charge is 0.480 e. The van der Waals surface area contributed by atoms with Crippen molar-refractivity contribution in [2.75, 3.05) is 47.3 Å². The topological polar surface area (TPSA) is 55.8 Å². The van der Waals surface area contributed by atoms with Gasteiger partial charge in [-0.2, -0.15) is 0 Å². The summed E-state index contributed by atoms with van der Waals surface area (Å²) in [5, 5.41) is 11.8. The van der Waals surface area contributed by atoms with E-state index < -0.39 is 12.0 Å². The smallest absolute Gasteiger partial charge is 0.320 e. The van der Waals surface area contributed by atoms with Crippen LogP contribution < -0.4 is 5.32 Å². The summed E-state index contributed by atoms with van der Waals surface area (Å²) < 4.78 is 0. The SMILES string of the molecule is CNC(CCN1CCC(CN(C)C)CC1)C(=O)O. The lowest BCUT2D eigenvalue weighted by Gasteiger charge is -2.33. The van der Waals surface area contributed by atoms with Crippen LogP contribution in [0.2, 0.25) is 0 Å². The highest BCUT2D eigenvalue weighted by Gasteiger charge is 2.21. The molecule has 0 aliphatic carbocycles. The van der Waals surface area contributed by atoms with E-state index in [1.165, 1.54) is 19.4 Å². The van der Waals surface area contributed by atoms with E-state index in [4.69, 9.17) is 5.11 Å². The van der Waals surface area contributed by atoms with E-state index in [0.29, 0.717) is 6.42 Å². The van der Waals surface area contributed by atoms with Gasteiger partial charge in [-0.15, -0.1) is 0 Å². The van der Waals surface area contributed by atoms with Crippen LogP contribution in [-0.2, 0) is 4.79 Å². The first-order valence-corrected chi connectivity index (χ1v) is 6.80. The third-order valence-corrected chi connectivity index (χ3v) is 3.71. The van der Waals surface area contributed by atoms with Gasteiger partial charge in [-0.1, -0.05) is 0 Å². The quantitative estimate of drug-likeness (QED) is 0.688. The first-order valence-electron chi connectivity index (χ1n) is 6.80. The van der Waals surface area contributed by atoms with Crippen LogP contribution >= 0.6 is 0 Å². The van der Waals surface area contributed by atoms with Crippen LogP contribution in [0.15, 0.2) is 0 Å². The van der Waals surface area contributed by atoms with Crippen molar-refractivity contribution in [2.45, 2.75) is 25.3 Å². The first-order chi connectivity index (χ1) is 8.52. The Kier molecular flexibility index (Phi) is 6.60. The highest BCUT2D eigenvalue weighted by molar-refractivity contribution is 5.73. The summed E-state index contributed by atoms with van der Waals surface area (Å²) in [5.74, 6) is 0.0517. The molecule has 2 N–H and O–H groups in total. The minimum atomic E-state index is -0.750. The highest BCUT2D eigenvalue weighted by Crippen LogP contribution is 2.17. The van der Waals surface area contributed by atoms with E-state index in [9.17, 15) is 4.79 Å². The van der Waals surface area contributed by atoms with Crippen molar-refractivity contribution >= 4 is 5.97 Å². The summed E-state index contributed by atoms with van der Waals surface area (Å²) in [4.78, 5) is 15.5. The van der Waals surface area contributed by atoms with Crippen molar-refractivity contribution in [1.82, 2.24) is 15.1 Å². The van der Waals surface area contributed by atoms with Crippen LogP contribution in [0.25, 0.3) is 0 Å². The zero-order chi connectivity index (χ0) is 13.5. The molecule has 1 atom stereocenters. The number of likely N-dealkylation sites (N-methyl/N-ethyl adjacent to an activating group) is 1. The molecule has 1 aliphatic rings. The molecule has 1 heterocycles. The predicted octanol–water partition coefficient (Wildman–Crippen LogP) is 0.323. The molecule has 106 valence electrons. The van der Waals surface area contributed by atoms with E-state index >= 15 is 0 Å². The molecule has 0 aromatic rings. The molecule has 1 saturated heterocycles. The van der Waals surface area contributed by atoms with E-state index in [-0.39, 0.29) is 0 Å². The average Bonchev–Trinajstić information content (AvgIpc) is 2.31. The summed E-state index contributed by atoms with van der Waals surface area (Å²) in [6, 6.07) is -0.413. The van der Waals surface area contributed by atoms with Crippen LogP contribution in [0.3, 0.4) is 0 Å². The predicted molar refractivity (Wildman–Crippen MR) is 72.8 cm³/mol. The molecule has 0 saturated carbocycles. The van der Waals surface area contributed by atoms with Crippen LogP contribution in [-0.4, -0.2) is 74.2 Å². The summed E-state index contributed by atoms with van der Waals surface area (Å²) >= 11 is 0. The van der Waals surface area contributed by atoms with Crippen molar-refractivity contribution < 1.29 is 9.90 Å². The highest BCUT2D eigenvalue weighted by atomic mass is 16.4. The number of nitrogens with zero attached hydrogens (tertiary/aromatic N) is 2. The summed E-state index contributed by atoms with van der Waals surface area (Å²) in [6.45, 7) is 4.26. The van der Waals surface area contributed by atoms with Crippen molar-refractivity contribution in [3.63, 3.8) is 0 Å². The first kappa shape index (κ1) is 15.4. The lowest BCUT2D eigenvalue weighted by molar-refractivity contribution is -0.139. The second-order valence-electron chi connectivity index (χ2n) is 5.52. The second-order valence-corrected chi connectivity index (χ2v) is 5.52. The van der Waals surface area contributed by atoms with Crippen LogP contribution in [0.5, 0.6) is 0 Å². The maximum atomic E-state index is 10.9. The number of rotatable bonds is 7. The molecule has 0 radical (unpaired) electrons. The van der Waals surface area contributed by atoms with Gasteiger partial charge < -0.3 is 20.2 Å². The molecule has 1 rings (SSSR count). The molecule has 5 nitrogen and oxygen atoms in total. The molecule has 0 aromatic heterocycles. The Morgan fingerprint density at radius 2 is 2.06 bits per heavy atom. The maximum Gasteiger partial charge on any atom is 0.320 e. The summed E-state index contributed by atoms with van der Waals surface area (Å²) in [5.41, 5.74) is 0. The molecule has 0 spiro atoms. The molecule has 5 heteroatoms. The number of aliphatic carboxylic acids is 1. The fourth-order valence-corrected chi connectivity index (χ4v) is 2.61. The van der Waals surface area contributed by atoms with Gasteiger partial charge in [0.1, 0.15) is 6.04 Å². The van der Waals surface area contributed by atoms with Crippen molar-refractivity contribution in [2.24, 2.45) is 5.92 Å². The summed E-state index contributed by atoms with van der Waals surface area (Å²) in [7, 11) is 5.95. The third kappa shape index (κ3) is 5.33. The Labute approximate surface area is 110 Å². The minimum absolute atomic E-state index is 0.413.